The molecule has 182 valence electrons. The number of piperazine rings is 1. The van der Waals surface area contributed by atoms with E-state index in [0.29, 0.717) is 23.7 Å². The monoisotopic (exact) mass is 461 g/mol. The van der Waals surface area contributed by atoms with Crippen LogP contribution in [0.15, 0.2) is 54.6 Å². The summed E-state index contributed by atoms with van der Waals surface area (Å²) >= 11 is 0. The van der Waals surface area contributed by atoms with Crippen LogP contribution in [0.4, 0.5) is 0 Å². The van der Waals surface area contributed by atoms with E-state index in [0.717, 1.165) is 45.7 Å². The third-order valence-corrected chi connectivity index (χ3v) is 7.47. The molecule has 0 amide bonds. The van der Waals surface area contributed by atoms with Crippen molar-refractivity contribution in [3.8, 4) is 0 Å². The van der Waals surface area contributed by atoms with E-state index in [9.17, 15) is 4.79 Å². The van der Waals surface area contributed by atoms with Crippen molar-refractivity contribution in [3.05, 3.63) is 76.9 Å². The van der Waals surface area contributed by atoms with Crippen LogP contribution in [-0.4, -0.2) is 70.1 Å². The summed E-state index contributed by atoms with van der Waals surface area (Å²) in [5.74, 6) is -0.871. The summed E-state index contributed by atoms with van der Waals surface area (Å²) in [7, 11) is 0. The molecule has 5 nitrogen and oxygen atoms in total. The first-order valence-electron chi connectivity index (χ1n) is 12.6. The molecule has 0 bridgehead atoms. The quantitative estimate of drug-likeness (QED) is 0.630. The Morgan fingerprint density at radius 3 is 2.26 bits per heavy atom. The predicted octanol–water partition coefficient (Wildman–Crippen LogP) is 4.98. The zero-order valence-corrected chi connectivity index (χ0v) is 21.1. The maximum absolute atomic E-state index is 11.1. The van der Waals surface area contributed by atoms with E-state index < -0.39 is 5.97 Å². The molecule has 1 fully saturated rings. The van der Waals surface area contributed by atoms with Gasteiger partial charge in [0, 0.05) is 57.4 Å². The standard InChI is InChI=1S/C29H39N3O2/c1-21(2)31-15-13-25(14-16-31)28-8-6-5-7-27(28)20-32-22(3)17-30(18-23(32)4)19-24-9-11-26(12-10-24)29(33)34/h5-13,21-23H,14-20H2,1-4H3,(H,33,34)/t22-,23+. The van der Waals surface area contributed by atoms with Gasteiger partial charge in [0.1, 0.15) is 0 Å². The van der Waals surface area contributed by atoms with E-state index in [2.05, 4.69) is 72.7 Å². The number of carboxylic acids is 1. The Hall–Kier alpha value is -2.47. The van der Waals surface area contributed by atoms with Gasteiger partial charge in [0.2, 0.25) is 0 Å². The van der Waals surface area contributed by atoms with E-state index in [1.54, 1.807) is 12.1 Å². The molecule has 0 spiro atoms. The molecule has 0 aliphatic carbocycles. The Bertz CT molecular complexity index is 1000. The summed E-state index contributed by atoms with van der Waals surface area (Å²) in [6.07, 6.45) is 3.55. The third kappa shape index (κ3) is 5.77. The Morgan fingerprint density at radius 2 is 1.68 bits per heavy atom. The minimum Gasteiger partial charge on any atom is -0.478 e. The third-order valence-electron chi connectivity index (χ3n) is 7.47. The average Bonchev–Trinajstić information content (AvgIpc) is 2.82. The molecule has 2 aromatic carbocycles. The predicted molar refractivity (Wildman–Crippen MR) is 139 cm³/mol. The normalized spacial score (nSPS) is 22.7. The summed E-state index contributed by atoms with van der Waals surface area (Å²) in [4.78, 5) is 18.8. The van der Waals surface area contributed by atoms with Crippen molar-refractivity contribution in [2.75, 3.05) is 26.2 Å². The maximum atomic E-state index is 11.1. The van der Waals surface area contributed by atoms with Crippen LogP contribution < -0.4 is 0 Å². The van der Waals surface area contributed by atoms with Gasteiger partial charge in [0.15, 0.2) is 0 Å². The highest BCUT2D eigenvalue weighted by Crippen LogP contribution is 2.29. The van der Waals surface area contributed by atoms with Gasteiger partial charge in [-0.05, 0) is 68.5 Å². The molecule has 5 heteroatoms. The van der Waals surface area contributed by atoms with Crippen molar-refractivity contribution in [1.82, 2.24) is 14.7 Å². The molecule has 0 radical (unpaired) electrons. The SMILES string of the molecule is CC(C)N1CC=C(c2ccccc2CN2[C@H](C)CN(Cc3ccc(C(=O)O)cc3)C[C@@H]2C)CC1. The van der Waals surface area contributed by atoms with Gasteiger partial charge in [-0.25, -0.2) is 4.79 Å². The van der Waals surface area contributed by atoms with Crippen LogP contribution in [-0.2, 0) is 13.1 Å². The van der Waals surface area contributed by atoms with Gasteiger partial charge in [-0.3, -0.25) is 14.7 Å². The first-order valence-corrected chi connectivity index (χ1v) is 12.6. The van der Waals surface area contributed by atoms with E-state index in [-0.39, 0.29) is 0 Å². The minimum absolute atomic E-state index is 0.346. The van der Waals surface area contributed by atoms with Gasteiger partial charge in [-0.15, -0.1) is 0 Å². The zero-order chi connectivity index (χ0) is 24.2. The first kappa shape index (κ1) is 24.6. The fraction of sp³-hybridized carbons (Fsp3) is 0.483. The van der Waals surface area contributed by atoms with E-state index >= 15 is 0 Å². The van der Waals surface area contributed by atoms with Crippen LogP contribution in [0, 0.1) is 0 Å². The highest BCUT2D eigenvalue weighted by molar-refractivity contribution is 5.87. The van der Waals surface area contributed by atoms with Crippen LogP contribution in [0.5, 0.6) is 0 Å². The Balaban J connectivity index is 1.41. The zero-order valence-electron chi connectivity index (χ0n) is 21.1. The number of aromatic carboxylic acids is 1. The van der Waals surface area contributed by atoms with Gasteiger partial charge in [-0.1, -0.05) is 42.5 Å². The summed E-state index contributed by atoms with van der Waals surface area (Å²) in [6.45, 7) is 15.3. The summed E-state index contributed by atoms with van der Waals surface area (Å²) in [6, 6.07) is 17.8. The molecule has 2 aromatic rings. The summed E-state index contributed by atoms with van der Waals surface area (Å²) < 4.78 is 0. The van der Waals surface area contributed by atoms with E-state index in [4.69, 9.17) is 5.11 Å². The Labute approximate surface area is 204 Å². The molecule has 34 heavy (non-hydrogen) atoms. The molecule has 0 unspecified atom stereocenters. The average molecular weight is 462 g/mol. The first-order chi connectivity index (χ1) is 16.3. The number of hydrogen-bond acceptors (Lipinski definition) is 4. The molecule has 0 saturated carbocycles. The number of carbonyl (C=O) groups is 1. The van der Waals surface area contributed by atoms with Gasteiger partial charge in [0.05, 0.1) is 5.56 Å². The van der Waals surface area contributed by atoms with Crippen LogP contribution in [0.2, 0.25) is 0 Å². The van der Waals surface area contributed by atoms with Crippen molar-refractivity contribution < 1.29 is 9.90 Å². The number of benzene rings is 2. The molecule has 2 aliphatic rings. The van der Waals surface area contributed by atoms with Crippen molar-refractivity contribution in [2.24, 2.45) is 0 Å². The maximum Gasteiger partial charge on any atom is 0.335 e. The van der Waals surface area contributed by atoms with Gasteiger partial charge >= 0.3 is 5.97 Å². The van der Waals surface area contributed by atoms with Gasteiger partial charge in [0.25, 0.3) is 0 Å². The van der Waals surface area contributed by atoms with E-state index in [1.165, 1.54) is 22.3 Å². The number of rotatable bonds is 7. The molecule has 4 rings (SSSR count). The van der Waals surface area contributed by atoms with Gasteiger partial charge in [-0.2, -0.15) is 0 Å². The fourth-order valence-corrected chi connectivity index (χ4v) is 5.48. The van der Waals surface area contributed by atoms with Crippen molar-refractivity contribution >= 4 is 11.5 Å². The lowest BCUT2D eigenvalue weighted by Gasteiger charge is -2.45. The second kappa shape index (κ2) is 10.9. The van der Waals surface area contributed by atoms with Crippen molar-refractivity contribution in [1.29, 1.82) is 0 Å². The summed E-state index contributed by atoms with van der Waals surface area (Å²) in [5, 5.41) is 9.13. The lowest BCUT2D eigenvalue weighted by molar-refractivity contribution is 0.0290. The molecule has 1 N–H and O–H groups in total. The Kier molecular flexibility index (Phi) is 7.87. The number of nitrogens with zero attached hydrogens (tertiary/aromatic N) is 3. The van der Waals surface area contributed by atoms with Crippen LogP contribution >= 0.6 is 0 Å². The molecule has 0 aromatic heterocycles. The second-order valence-corrected chi connectivity index (χ2v) is 10.3. The highest BCUT2D eigenvalue weighted by Gasteiger charge is 2.30. The molecule has 2 aliphatic heterocycles. The van der Waals surface area contributed by atoms with E-state index in [1.807, 2.05) is 12.1 Å². The fourth-order valence-electron chi connectivity index (χ4n) is 5.48. The lowest BCUT2D eigenvalue weighted by Crippen LogP contribution is -2.55. The summed E-state index contributed by atoms with van der Waals surface area (Å²) in [5.41, 5.74) is 5.87. The molecule has 1 saturated heterocycles. The second-order valence-electron chi connectivity index (χ2n) is 10.3. The molecular weight excluding hydrogens is 422 g/mol. The minimum atomic E-state index is -0.871. The van der Waals surface area contributed by atoms with Crippen LogP contribution in [0.1, 0.15) is 61.2 Å². The van der Waals surface area contributed by atoms with Crippen molar-refractivity contribution in [2.45, 2.75) is 65.3 Å². The highest BCUT2D eigenvalue weighted by atomic mass is 16.4. The number of hydrogen-bond donors (Lipinski definition) is 1. The Morgan fingerprint density at radius 1 is 1.00 bits per heavy atom. The van der Waals surface area contributed by atoms with Crippen LogP contribution in [0.3, 0.4) is 0 Å². The molecular formula is C29H39N3O2. The lowest BCUT2D eigenvalue weighted by atomic mass is 9.93. The topological polar surface area (TPSA) is 47.0 Å². The molecule has 2 atom stereocenters. The van der Waals surface area contributed by atoms with Crippen molar-refractivity contribution in [3.63, 3.8) is 0 Å². The smallest absolute Gasteiger partial charge is 0.335 e. The largest absolute Gasteiger partial charge is 0.478 e. The van der Waals surface area contributed by atoms with Gasteiger partial charge < -0.3 is 5.11 Å². The van der Waals surface area contributed by atoms with Crippen LogP contribution in [0.25, 0.3) is 5.57 Å². The number of carboxylic acid groups (broad SMARTS) is 1. The molecule has 2 heterocycles.